The minimum absolute atomic E-state index is 0.00742. The number of phosphoric acid groups is 3. The lowest BCUT2D eigenvalue weighted by molar-refractivity contribution is -0.0317. The average molecular weight is 509 g/mol. The molecule has 17 nitrogen and oxygen atoms in total. The number of ether oxygens (including phenoxy) is 1. The van der Waals surface area contributed by atoms with E-state index >= 15 is 0 Å². The number of nitrogens with zero attached hydrogens (tertiary/aromatic N) is 3. The lowest BCUT2D eigenvalue weighted by Gasteiger charge is -2.19. The summed E-state index contributed by atoms with van der Waals surface area (Å²) >= 11 is 0. The molecular formula is C10H15FN5O12P3. The Bertz CT molecular complexity index is 1180. The molecule has 0 aliphatic carbocycles. The zero-order chi connectivity index (χ0) is 23.2. The van der Waals surface area contributed by atoms with E-state index in [1.165, 1.54) is 4.57 Å². The van der Waals surface area contributed by atoms with E-state index in [0.29, 0.717) is 0 Å². The maximum absolute atomic E-state index is 14.3. The molecule has 3 heterocycles. The number of anilines is 1. The van der Waals surface area contributed by atoms with Crippen molar-refractivity contribution >= 4 is 40.6 Å². The van der Waals surface area contributed by atoms with Gasteiger partial charge in [0.25, 0.3) is 5.56 Å². The predicted molar refractivity (Wildman–Crippen MR) is 95.8 cm³/mol. The second kappa shape index (κ2) is 8.42. The molecule has 1 fully saturated rings. The van der Waals surface area contributed by atoms with E-state index in [9.17, 15) is 27.8 Å². The zero-order valence-electron chi connectivity index (χ0n) is 14.9. The monoisotopic (exact) mass is 509 g/mol. The molecule has 31 heavy (non-hydrogen) atoms. The summed E-state index contributed by atoms with van der Waals surface area (Å²) in [6.45, 7) is -0.968. The smallest absolute Gasteiger partial charge is 0.369 e. The first kappa shape index (κ1) is 24.1. The Hall–Kier alpha value is -1.55. The number of hydrogen-bond donors (Lipinski definition) is 6. The van der Waals surface area contributed by atoms with Crippen LogP contribution >= 0.6 is 23.5 Å². The van der Waals surface area contributed by atoms with Gasteiger partial charge in [-0.05, 0) is 0 Å². The number of alkyl halides is 1. The molecule has 1 aliphatic rings. The van der Waals surface area contributed by atoms with Crippen LogP contribution in [-0.4, -0.2) is 58.0 Å². The number of aromatic amines is 1. The van der Waals surface area contributed by atoms with Crippen molar-refractivity contribution in [3.8, 4) is 0 Å². The molecule has 21 heteroatoms. The van der Waals surface area contributed by atoms with Crippen molar-refractivity contribution < 1.29 is 55.5 Å². The van der Waals surface area contributed by atoms with Crippen molar-refractivity contribution in [2.24, 2.45) is 0 Å². The van der Waals surface area contributed by atoms with Crippen molar-refractivity contribution in [1.82, 2.24) is 19.5 Å². The Morgan fingerprint density at radius 3 is 2.58 bits per heavy atom. The van der Waals surface area contributed by atoms with Crippen LogP contribution in [0, 0.1) is 0 Å². The third-order valence-electron chi connectivity index (χ3n) is 3.74. The van der Waals surface area contributed by atoms with Crippen LogP contribution in [-0.2, 0) is 31.6 Å². The quantitative estimate of drug-likeness (QED) is 0.249. The second-order valence-electron chi connectivity index (χ2n) is 6.04. The average Bonchev–Trinajstić information content (AvgIpc) is 3.13. The molecule has 2 aromatic heterocycles. The molecule has 3 rings (SSSR count). The van der Waals surface area contributed by atoms with Gasteiger partial charge >= 0.3 is 23.5 Å². The Kier molecular flexibility index (Phi) is 6.55. The Balaban J connectivity index is 1.67. The van der Waals surface area contributed by atoms with Gasteiger partial charge in [-0.3, -0.25) is 18.9 Å². The van der Waals surface area contributed by atoms with Crippen molar-refractivity contribution in [3.63, 3.8) is 0 Å². The van der Waals surface area contributed by atoms with Crippen molar-refractivity contribution in [2.45, 2.75) is 24.9 Å². The number of hydrogen-bond acceptors (Lipinski definition) is 11. The maximum atomic E-state index is 14.3. The van der Waals surface area contributed by atoms with Crippen LogP contribution in [0.1, 0.15) is 12.6 Å². The van der Waals surface area contributed by atoms with Crippen LogP contribution in [0.5, 0.6) is 0 Å². The molecule has 7 N–H and O–H groups in total. The van der Waals surface area contributed by atoms with Crippen LogP contribution in [0.3, 0.4) is 0 Å². The first-order valence-electron chi connectivity index (χ1n) is 7.96. The summed E-state index contributed by atoms with van der Waals surface area (Å²) in [5.41, 5.74) is 4.73. The Labute approximate surface area is 170 Å². The second-order valence-corrected chi connectivity index (χ2v) is 10.5. The molecule has 2 unspecified atom stereocenters. The summed E-state index contributed by atoms with van der Waals surface area (Å²) in [4.78, 5) is 57.2. The van der Waals surface area contributed by atoms with Gasteiger partial charge in [0.05, 0.1) is 12.9 Å². The largest absolute Gasteiger partial charge is 0.490 e. The fraction of sp³-hybridized carbons (Fsp3) is 0.500. The molecule has 0 bridgehead atoms. The van der Waals surface area contributed by atoms with Gasteiger partial charge in [-0.15, -0.1) is 0 Å². The van der Waals surface area contributed by atoms with E-state index in [1.807, 2.05) is 0 Å². The van der Waals surface area contributed by atoms with E-state index in [-0.39, 0.29) is 23.5 Å². The van der Waals surface area contributed by atoms with Gasteiger partial charge in [-0.1, -0.05) is 0 Å². The van der Waals surface area contributed by atoms with Crippen LogP contribution in [0.4, 0.5) is 10.3 Å². The highest BCUT2D eigenvalue weighted by Gasteiger charge is 2.43. The number of rotatable bonds is 8. The van der Waals surface area contributed by atoms with Gasteiger partial charge in [0, 0.05) is 6.42 Å². The number of halogens is 1. The first-order chi connectivity index (χ1) is 14.2. The van der Waals surface area contributed by atoms with E-state index in [2.05, 4.69) is 28.1 Å². The van der Waals surface area contributed by atoms with E-state index < -0.39 is 54.1 Å². The summed E-state index contributed by atoms with van der Waals surface area (Å²) in [5, 5.41) is 0. The number of aromatic nitrogens is 4. The zero-order valence-corrected chi connectivity index (χ0v) is 17.6. The number of phosphoric ester groups is 1. The molecular weight excluding hydrogens is 494 g/mol. The Morgan fingerprint density at radius 2 is 1.94 bits per heavy atom. The van der Waals surface area contributed by atoms with Gasteiger partial charge in [0.1, 0.15) is 18.5 Å². The minimum atomic E-state index is -5.70. The van der Waals surface area contributed by atoms with Gasteiger partial charge in [0.2, 0.25) is 5.95 Å². The normalized spacial score (nSPS) is 26.0. The summed E-state index contributed by atoms with van der Waals surface area (Å²) in [7, 11) is -16.7. The molecule has 174 valence electrons. The third-order valence-corrected chi connectivity index (χ3v) is 7.54. The van der Waals surface area contributed by atoms with Crippen molar-refractivity contribution in [1.29, 1.82) is 0 Å². The van der Waals surface area contributed by atoms with Gasteiger partial charge in [-0.25, -0.2) is 23.1 Å². The third kappa shape index (κ3) is 6.03. The lowest BCUT2D eigenvalue weighted by Crippen LogP contribution is -2.23. The maximum Gasteiger partial charge on any atom is 0.490 e. The van der Waals surface area contributed by atoms with E-state index in [0.717, 1.165) is 6.33 Å². The number of nitrogens with one attached hydrogen (secondary N) is 1. The molecule has 0 aromatic carbocycles. The molecule has 0 radical (unpaired) electrons. The van der Waals surface area contributed by atoms with Gasteiger partial charge in [-0.2, -0.15) is 13.6 Å². The van der Waals surface area contributed by atoms with Crippen LogP contribution in [0.15, 0.2) is 11.1 Å². The summed E-state index contributed by atoms with van der Waals surface area (Å²) in [6.07, 6.45) is -3.48. The van der Waals surface area contributed by atoms with Gasteiger partial charge < -0.3 is 30.0 Å². The van der Waals surface area contributed by atoms with E-state index in [1.54, 1.807) is 0 Å². The molecule has 1 saturated heterocycles. The van der Waals surface area contributed by atoms with Crippen LogP contribution in [0.2, 0.25) is 0 Å². The highest BCUT2D eigenvalue weighted by Crippen LogP contribution is 2.66. The first-order valence-corrected chi connectivity index (χ1v) is 12.5. The summed E-state index contributed by atoms with van der Waals surface area (Å²) in [6, 6.07) is 0. The molecule has 1 aliphatic heterocycles. The lowest BCUT2D eigenvalue weighted by atomic mass is 10.2. The fourth-order valence-corrected chi connectivity index (χ4v) is 5.66. The van der Waals surface area contributed by atoms with E-state index in [4.69, 9.17) is 25.2 Å². The molecule has 5 atom stereocenters. The number of fused-ring (bicyclic) bond motifs is 1. The number of imidazole rings is 1. The van der Waals surface area contributed by atoms with Crippen LogP contribution < -0.4 is 11.3 Å². The standard InChI is InChI=1S/C10H15FN5O12P3/c11-4-1-6(16-3-13-7-8(16)14-10(12)15-9(7)17)26-5(4)2-25-30(21,22)28-31(23,24)27-29(18,19)20/h3-6H,1-2H2,(H,21,22)(H,23,24)(H2,18,19,20)(H3,12,14,15,17)/t4-,5+,6+/m0/s1. The molecule has 0 saturated carbocycles. The SMILES string of the molecule is Nc1nc2c(ncn2[C@H]2C[C@H](F)[C@@H](COP(=O)(O)OP(=O)(O)OP(=O)(O)O)O2)c(=O)[nH]1. The minimum Gasteiger partial charge on any atom is -0.369 e. The van der Waals surface area contributed by atoms with Gasteiger partial charge in [0.15, 0.2) is 11.2 Å². The fourth-order valence-electron chi connectivity index (χ4n) is 2.63. The highest BCUT2D eigenvalue weighted by molar-refractivity contribution is 7.66. The summed E-state index contributed by atoms with van der Waals surface area (Å²) in [5.74, 6) is -0.224. The topological polar surface area (TPSA) is 259 Å². The predicted octanol–water partition coefficient (Wildman–Crippen LogP) is -0.329. The molecule has 2 aromatic rings. The van der Waals surface area contributed by atoms with Crippen molar-refractivity contribution in [2.75, 3.05) is 12.3 Å². The summed E-state index contributed by atoms with van der Waals surface area (Å²) < 4.78 is 66.0. The Morgan fingerprint density at radius 1 is 1.26 bits per heavy atom. The van der Waals surface area contributed by atoms with Crippen molar-refractivity contribution in [3.05, 3.63) is 16.7 Å². The molecule has 0 amide bonds. The number of nitrogen functional groups attached to an aromatic ring is 1. The van der Waals surface area contributed by atoms with Crippen LogP contribution in [0.25, 0.3) is 11.2 Å². The molecule has 0 spiro atoms. The number of H-pyrrole nitrogens is 1. The highest BCUT2D eigenvalue weighted by atomic mass is 31.3. The number of nitrogens with two attached hydrogens (primary N) is 1.